The maximum atomic E-state index is 12.5. The summed E-state index contributed by atoms with van der Waals surface area (Å²) in [6.45, 7) is 3.25. The molecule has 0 aliphatic carbocycles. The number of hydrogen-bond acceptors (Lipinski definition) is 13. The van der Waals surface area contributed by atoms with Crippen molar-refractivity contribution in [3.05, 3.63) is 34.8 Å². The number of fused-ring (bicyclic) bond motifs is 3. The Kier molecular flexibility index (Phi) is 6.65. The Hall–Kier alpha value is -4.40. The Morgan fingerprint density at radius 3 is 2.31 bits per heavy atom. The highest BCUT2D eigenvalue weighted by atomic mass is 16.7. The molecule has 3 aromatic rings. The Labute approximate surface area is 201 Å². The number of carbonyl (C=O) groups excluding carboxylic acids is 4. The molecule has 0 N–H and O–H groups in total. The van der Waals surface area contributed by atoms with Crippen LogP contribution in [0.4, 0.5) is 0 Å². The number of nitrogens with zero attached hydrogens (tertiary/aromatic N) is 5. The number of imidazole rings is 1. The predicted molar refractivity (Wildman–Crippen MR) is 116 cm³/mol. The summed E-state index contributed by atoms with van der Waals surface area (Å²) >= 11 is 0. The van der Waals surface area contributed by atoms with Gasteiger partial charge in [0.1, 0.15) is 19.0 Å². The van der Waals surface area contributed by atoms with Gasteiger partial charge in [0, 0.05) is 26.8 Å². The lowest BCUT2D eigenvalue weighted by Crippen LogP contribution is -2.40. The van der Waals surface area contributed by atoms with E-state index in [1.54, 1.807) is 0 Å². The van der Waals surface area contributed by atoms with Gasteiger partial charge in [0.05, 0.1) is 13.4 Å². The van der Waals surface area contributed by atoms with Crippen molar-refractivity contribution in [2.75, 3.05) is 13.7 Å². The summed E-state index contributed by atoms with van der Waals surface area (Å²) in [5.41, 5.74) is -0.521. The number of methoxy groups -OCH3 is 1. The fourth-order valence-corrected chi connectivity index (χ4v) is 3.83. The third kappa shape index (κ3) is 4.59. The Morgan fingerprint density at radius 1 is 0.972 bits per heavy atom. The average Bonchev–Trinajstić information content (AvgIpc) is 3.38. The zero-order chi connectivity index (χ0) is 26.1. The van der Waals surface area contributed by atoms with E-state index in [0.717, 1.165) is 17.6 Å². The molecule has 0 spiro atoms. The molecule has 1 aliphatic heterocycles. The second-order valence-electron chi connectivity index (χ2n) is 7.75. The smallest absolute Gasteiger partial charge is 0.356 e. The molecule has 0 saturated carbocycles. The topological polar surface area (TPSA) is 180 Å². The highest BCUT2D eigenvalue weighted by molar-refractivity contribution is 5.90. The van der Waals surface area contributed by atoms with Gasteiger partial charge < -0.3 is 23.7 Å². The minimum atomic E-state index is -1.17. The van der Waals surface area contributed by atoms with Gasteiger partial charge in [-0.05, 0) is 0 Å². The van der Waals surface area contributed by atoms with Crippen molar-refractivity contribution < 1.29 is 42.9 Å². The summed E-state index contributed by atoms with van der Waals surface area (Å²) in [5.74, 6) is -2.76. The van der Waals surface area contributed by atoms with Gasteiger partial charge in [-0.2, -0.15) is 0 Å². The standard InChI is InChI=1S/C21H21N5O10/c1-9(27)33-6-13-16(34-10(2)28)17(35-11(3)29)20(36-13)26-7-22-15-18(26)23-8-25-14(30)5-12(21(31)32-4)24-19(15)25/h5,7-8,13,16-17,20H,6H2,1-4H3/t13-,16-,17-,20-/m1/s1. The lowest BCUT2D eigenvalue weighted by Gasteiger charge is -2.23. The normalized spacial score (nSPS) is 21.3. The van der Waals surface area contributed by atoms with E-state index in [9.17, 15) is 24.0 Å². The van der Waals surface area contributed by atoms with Crippen molar-refractivity contribution in [1.29, 1.82) is 0 Å². The molecule has 36 heavy (non-hydrogen) atoms. The molecule has 190 valence electrons. The van der Waals surface area contributed by atoms with Crippen LogP contribution in [0.3, 0.4) is 0 Å². The van der Waals surface area contributed by atoms with E-state index in [1.165, 1.54) is 38.0 Å². The minimum absolute atomic E-state index is 0.0154. The number of carbonyl (C=O) groups is 4. The van der Waals surface area contributed by atoms with E-state index < -0.39 is 54.0 Å². The summed E-state index contributed by atoms with van der Waals surface area (Å²) in [6.07, 6.45) is -1.92. The molecule has 4 rings (SSSR count). The van der Waals surface area contributed by atoms with Gasteiger partial charge in [-0.25, -0.2) is 24.1 Å². The fourth-order valence-electron chi connectivity index (χ4n) is 3.83. The van der Waals surface area contributed by atoms with E-state index >= 15 is 0 Å². The lowest BCUT2D eigenvalue weighted by atomic mass is 10.1. The van der Waals surface area contributed by atoms with Crippen molar-refractivity contribution in [1.82, 2.24) is 23.9 Å². The molecule has 15 nitrogen and oxygen atoms in total. The van der Waals surface area contributed by atoms with Crippen LogP contribution in [0.25, 0.3) is 16.8 Å². The molecular formula is C21H21N5O10. The number of hydrogen-bond donors (Lipinski definition) is 0. The van der Waals surface area contributed by atoms with Gasteiger partial charge in [-0.1, -0.05) is 0 Å². The largest absolute Gasteiger partial charge is 0.464 e. The molecule has 3 aromatic heterocycles. The number of aromatic nitrogens is 5. The zero-order valence-electron chi connectivity index (χ0n) is 19.6. The second kappa shape index (κ2) is 9.69. The SMILES string of the molecule is COC(=O)c1cc(=O)n2cnc3c(ncn3[C@@H]3O[C@H](COC(C)=O)[C@@H](OC(C)=O)[C@H]3OC(C)=O)c2n1. The third-order valence-electron chi connectivity index (χ3n) is 5.24. The van der Waals surface area contributed by atoms with Gasteiger partial charge in [-0.3, -0.25) is 23.7 Å². The van der Waals surface area contributed by atoms with Gasteiger partial charge >= 0.3 is 23.9 Å². The lowest BCUT2D eigenvalue weighted by molar-refractivity contribution is -0.166. The van der Waals surface area contributed by atoms with Crippen molar-refractivity contribution in [2.45, 2.75) is 45.3 Å². The van der Waals surface area contributed by atoms with Crippen molar-refractivity contribution >= 4 is 40.7 Å². The van der Waals surface area contributed by atoms with Crippen LogP contribution in [0.1, 0.15) is 37.5 Å². The first kappa shape index (κ1) is 24.7. The number of rotatable bonds is 6. The van der Waals surface area contributed by atoms with Gasteiger partial charge in [0.15, 0.2) is 40.9 Å². The van der Waals surface area contributed by atoms with Crippen LogP contribution in [-0.4, -0.2) is 79.8 Å². The van der Waals surface area contributed by atoms with E-state index in [0.29, 0.717) is 0 Å². The first-order valence-electron chi connectivity index (χ1n) is 10.6. The van der Waals surface area contributed by atoms with Crippen LogP contribution in [0.15, 0.2) is 23.5 Å². The van der Waals surface area contributed by atoms with Crippen LogP contribution >= 0.6 is 0 Å². The molecule has 1 saturated heterocycles. The predicted octanol–water partition coefficient (Wildman–Crippen LogP) is -0.450. The molecule has 4 atom stereocenters. The van der Waals surface area contributed by atoms with Crippen molar-refractivity contribution in [2.24, 2.45) is 0 Å². The first-order valence-corrected chi connectivity index (χ1v) is 10.6. The average molecular weight is 503 g/mol. The van der Waals surface area contributed by atoms with E-state index in [4.69, 9.17) is 18.9 Å². The van der Waals surface area contributed by atoms with Crippen LogP contribution < -0.4 is 5.56 Å². The summed E-state index contributed by atoms with van der Waals surface area (Å²) in [5, 5.41) is 0. The maximum Gasteiger partial charge on any atom is 0.356 e. The van der Waals surface area contributed by atoms with E-state index in [-0.39, 0.29) is 29.1 Å². The molecule has 0 aromatic carbocycles. The molecule has 0 radical (unpaired) electrons. The second-order valence-corrected chi connectivity index (χ2v) is 7.75. The molecule has 4 heterocycles. The summed E-state index contributed by atoms with van der Waals surface area (Å²) in [4.78, 5) is 72.2. The molecule has 0 unspecified atom stereocenters. The summed E-state index contributed by atoms with van der Waals surface area (Å²) < 4.78 is 28.9. The first-order chi connectivity index (χ1) is 17.1. The molecule has 0 bridgehead atoms. The number of ether oxygens (including phenoxy) is 5. The van der Waals surface area contributed by atoms with Crippen LogP contribution in [0.2, 0.25) is 0 Å². The zero-order valence-corrected chi connectivity index (χ0v) is 19.6. The van der Waals surface area contributed by atoms with Gasteiger partial charge in [0.25, 0.3) is 5.56 Å². The molecule has 1 fully saturated rings. The number of esters is 4. The highest BCUT2D eigenvalue weighted by Gasteiger charge is 2.51. The van der Waals surface area contributed by atoms with Crippen molar-refractivity contribution in [3.63, 3.8) is 0 Å². The monoisotopic (exact) mass is 503 g/mol. The summed E-state index contributed by atoms with van der Waals surface area (Å²) in [6, 6.07) is 1.00. The van der Waals surface area contributed by atoms with Gasteiger partial charge in [-0.15, -0.1) is 0 Å². The van der Waals surface area contributed by atoms with Crippen LogP contribution in [0.5, 0.6) is 0 Å². The molecular weight excluding hydrogens is 482 g/mol. The Bertz CT molecular complexity index is 1430. The molecule has 0 amide bonds. The minimum Gasteiger partial charge on any atom is -0.464 e. The molecule has 1 aliphatic rings. The fraction of sp³-hybridized carbons (Fsp3) is 0.429. The van der Waals surface area contributed by atoms with E-state index in [1.807, 2.05) is 0 Å². The maximum absolute atomic E-state index is 12.5. The van der Waals surface area contributed by atoms with Crippen LogP contribution in [-0.2, 0) is 38.1 Å². The summed E-state index contributed by atoms with van der Waals surface area (Å²) in [7, 11) is 1.15. The Balaban J connectivity index is 1.83. The Morgan fingerprint density at radius 2 is 1.67 bits per heavy atom. The van der Waals surface area contributed by atoms with Gasteiger partial charge in [0.2, 0.25) is 0 Å². The van der Waals surface area contributed by atoms with Crippen molar-refractivity contribution in [3.8, 4) is 0 Å². The van der Waals surface area contributed by atoms with E-state index in [2.05, 4.69) is 19.7 Å². The third-order valence-corrected chi connectivity index (χ3v) is 5.24. The highest BCUT2D eigenvalue weighted by Crippen LogP contribution is 2.36. The van der Waals surface area contributed by atoms with Crippen LogP contribution in [0, 0.1) is 0 Å². The quantitative estimate of drug-likeness (QED) is 0.312. The molecule has 15 heteroatoms.